The summed E-state index contributed by atoms with van der Waals surface area (Å²) in [5.41, 5.74) is 6.37. The number of nitrogens with one attached hydrogen (secondary N) is 2. The van der Waals surface area contributed by atoms with Crippen molar-refractivity contribution in [2.24, 2.45) is 11.7 Å². The molecule has 1 amide bonds. The van der Waals surface area contributed by atoms with Crippen molar-refractivity contribution >= 4 is 30.7 Å². The summed E-state index contributed by atoms with van der Waals surface area (Å²) in [5, 5.41) is 6.95. The Morgan fingerprint density at radius 2 is 1.96 bits per heavy atom. The standard InChI is InChI=1S/C15H23N7O2.2ClH/c1-8(2)14(16)15-20-10(4)21-22(15)7-13(24)17-6-11-5-12(23)19-9(3)18-11;;/h5,8,14H,6-7,16H2,1-4H3,(H,17,24)(H,18,19,23);2*1H/t14-;;/m0../s1. The Morgan fingerprint density at radius 3 is 2.54 bits per heavy atom. The molecule has 11 heteroatoms. The van der Waals surface area contributed by atoms with Crippen LogP contribution in [0.3, 0.4) is 0 Å². The molecule has 0 aromatic carbocycles. The number of halogens is 2. The summed E-state index contributed by atoms with van der Waals surface area (Å²) in [6.07, 6.45) is 0. The number of aryl methyl sites for hydroxylation is 2. The lowest BCUT2D eigenvalue weighted by Crippen LogP contribution is -2.31. The van der Waals surface area contributed by atoms with Crippen molar-refractivity contribution in [2.75, 3.05) is 0 Å². The van der Waals surface area contributed by atoms with Gasteiger partial charge in [-0.05, 0) is 19.8 Å². The fourth-order valence-corrected chi connectivity index (χ4v) is 2.25. The van der Waals surface area contributed by atoms with Crippen molar-refractivity contribution in [2.45, 2.75) is 46.8 Å². The van der Waals surface area contributed by atoms with Crippen LogP contribution in [0.1, 0.15) is 43.1 Å². The molecule has 9 nitrogen and oxygen atoms in total. The van der Waals surface area contributed by atoms with Crippen LogP contribution in [0.4, 0.5) is 0 Å². The molecule has 4 N–H and O–H groups in total. The van der Waals surface area contributed by atoms with E-state index in [0.717, 1.165) is 0 Å². The van der Waals surface area contributed by atoms with Crippen molar-refractivity contribution in [1.29, 1.82) is 0 Å². The zero-order chi connectivity index (χ0) is 17.9. The van der Waals surface area contributed by atoms with Crippen molar-refractivity contribution in [3.8, 4) is 0 Å². The molecule has 0 bridgehead atoms. The number of nitrogens with two attached hydrogens (primary N) is 1. The molecule has 0 spiro atoms. The van der Waals surface area contributed by atoms with Gasteiger partial charge in [0.2, 0.25) is 5.91 Å². The Bertz CT molecular complexity index is 789. The second-order valence-electron chi connectivity index (χ2n) is 6.04. The van der Waals surface area contributed by atoms with E-state index >= 15 is 0 Å². The fraction of sp³-hybridized carbons (Fsp3) is 0.533. The Morgan fingerprint density at radius 1 is 1.31 bits per heavy atom. The van der Waals surface area contributed by atoms with Gasteiger partial charge in [0.15, 0.2) is 0 Å². The van der Waals surface area contributed by atoms with Gasteiger partial charge in [0.25, 0.3) is 5.56 Å². The number of hydrogen-bond acceptors (Lipinski definition) is 6. The second kappa shape index (κ2) is 10.2. The third kappa shape index (κ3) is 6.40. The van der Waals surface area contributed by atoms with Gasteiger partial charge < -0.3 is 16.0 Å². The summed E-state index contributed by atoms with van der Waals surface area (Å²) in [6.45, 7) is 7.60. The first kappa shape index (κ1) is 24.0. The lowest BCUT2D eigenvalue weighted by atomic mass is 10.1. The van der Waals surface area contributed by atoms with Gasteiger partial charge in [-0.25, -0.2) is 14.6 Å². The number of H-pyrrole nitrogens is 1. The van der Waals surface area contributed by atoms with Gasteiger partial charge in [-0.3, -0.25) is 9.59 Å². The molecule has 146 valence electrons. The molecule has 0 fully saturated rings. The average Bonchev–Trinajstić information content (AvgIpc) is 2.83. The lowest BCUT2D eigenvalue weighted by molar-refractivity contribution is -0.122. The van der Waals surface area contributed by atoms with E-state index in [0.29, 0.717) is 23.2 Å². The predicted molar refractivity (Wildman–Crippen MR) is 102 cm³/mol. The number of carbonyl (C=O) groups is 1. The maximum Gasteiger partial charge on any atom is 0.251 e. The molecule has 0 aliphatic carbocycles. The zero-order valence-electron chi connectivity index (χ0n) is 15.1. The summed E-state index contributed by atoms with van der Waals surface area (Å²) >= 11 is 0. The molecule has 1 atom stereocenters. The molecule has 26 heavy (non-hydrogen) atoms. The average molecular weight is 406 g/mol. The number of hydrogen-bond donors (Lipinski definition) is 3. The van der Waals surface area contributed by atoms with E-state index in [1.165, 1.54) is 10.7 Å². The fourth-order valence-electron chi connectivity index (χ4n) is 2.25. The van der Waals surface area contributed by atoms with Crippen molar-refractivity contribution in [3.63, 3.8) is 0 Å². The van der Waals surface area contributed by atoms with Crippen LogP contribution in [0.5, 0.6) is 0 Å². The van der Waals surface area contributed by atoms with Gasteiger partial charge in [-0.1, -0.05) is 13.8 Å². The quantitative estimate of drug-likeness (QED) is 0.650. The normalized spacial score (nSPS) is 11.5. The first-order valence-electron chi connectivity index (χ1n) is 7.76. The third-order valence-electron chi connectivity index (χ3n) is 3.50. The molecule has 0 aliphatic heterocycles. The first-order chi connectivity index (χ1) is 11.3. The van der Waals surface area contributed by atoms with Crippen LogP contribution in [0.2, 0.25) is 0 Å². The van der Waals surface area contributed by atoms with E-state index in [1.54, 1.807) is 13.8 Å². The molecule has 0 aliphatic rings. The molecule has 0 unspecified atom stereocenters. The molecular formula is C15H25Cl2N7O2. The highest BCUT2D eigenvalue weighted by molar-refractivity contribution is 5.85. The minimum atomic E-state index is -0.295. The van der Waals surface area contributed by atoms with Gasteiger partial charge in [-0.2, -0.15) is 5.10 Å². The van der Waals surface area contributed by atoms with E-state index in [9.17, 15) is 9.59 Å². The number of carbonyl (C=O) groups excluding carboxylic acids is 1. The molecule has 2 aromatic rings. The van der Waals surface area contributed by atoms with E-state index in [2.05, 4.69) is 25.4 Å². The highest BCUT2D eigenvalue weighted by Gasteiger charge is 2.20. The monoisotopic (exact) mass is 405 g/mol. The maximum atomic E-state index is 12.2. The SMILES string of the molecule is Cc1nc([C@@H](N)C(C)C)n(CC(=O)NCc2cc(=O)[nH]c(C)n2)n1.Cl.Cl. The highest BCUT2D eigenvalue weighted by Crippen LogP contribution is 2.16. The van der Waals surface area contributed by atoms with Gasteiger partial charge in [0.1, 0.15) is 24.0 Å². The third-order valence-corrected chi connectivity index (χ3v) is 3.50. The van der Waals surface area contributed by atoms with Crippen molar-refractivity contribution in [1.82, 2.24) is 30.0 Å². The zero-order valence-corrected chi connectivity index (χ0v) is 16.8. The van der Waals surface area contributed by atoms with Crippen LogP contribution in [-0.4, -0.2) is 30.6 Å². The van der Waals surface area contributed by atoms with E-state index in [4.69, 9.17) is 5.73 Å². The van der Waals surface area contributed by atoms with E-state index in [1.807, 2.05) is 13.8 Å². The number of amides is 1. The number of nitrogens with zero attached hydrogens (tertiary/aromatic N) is 4. The predicted octanol–water partition coefficient (Wildman–Crippen LogP) is 0.794. The van der Waals surface area contributed by atoms with Crippen LogP contribution >= 0.6 is 24.8 Å². The smallest absolute Gasteiger partial charge is 0.251 e. The van der Waals surface area contributed by atoms with Gasteiger partial charge in [0, 0.05) is 6.07 Å². The summed E-state index contributed by atoms with van der Waals surface area (Å²) in [7, 11) is 0. The number of aromatic nitrogens is 5. The van der Waals surface area contributed by atoms with Gasteiger partial charge >= 0.3 is 0 Å². The first-order valence-corrected chi connectivity index (χ1v) is 7.76. The van der Waals surface area contributed by atoms with Crippen molar-refractivity contribution in [3.05, 3.63) is 39.6 Å². The summed E-state index contributed by atoms with van der Waals surface area (Å²) < 4.78 is 1.52. The van der Waals surface area contributed by atoms with Gasteiger partial charge in [0.05, 0.1) is 18.3 Å². The second-order valence-corrected chi connectivity index (χ2v) is 6.04. The van der Waals surface area contributed by atoms with Crippen LogP contribution in [-0.2, 0) is 17.9 Å². The minimum absolute atomic E-state index is 0. The molecule has 0 saturated heterocycles. The molecule has 0 saturated carbocycles. The minimum Gasteiger partial charge on any atom is -0.349 e. The Hall–Kier alpha value is -1.97. The summed E-state index contributed by atoms with van der Waals surface area (Å²) in [6, 6.07) is 1.06. The Kier molecular flexibility index (Phi) is 9.47. The number of aromatic amines is 1. The van der Waals surface area contributed by atoms with Crippen molar-refractivity contribution < 1.29 is 4.79 Å². The maximum absolute atomic E-state index is 12.2. The largest absolute Gasteiger partial charge is 0.349 e. The number of rotatable bonds is 6. The Balaban J connectivity index is 0.00000312. The highest BCUT2D eigenvalue weighted by atomic mass is 35.5. The van der Waals surface area contributed by atoms with Crippen LogP contribution in [0, 0.1) is 19.8 Å². The van der Waals surface area contributed by atoms with E-state index in [-0.39, 0.29) is 61.3 Å². The molecular weight excluding hydrogens is 381 g/mol. The summed E-state index contributed by atoms with van der Waals surface area (Å²) in [4.78, 5) is 34.6. The molecule has 2 rings (SSSR count). The van der Waals surface area contributed by atoms with E-state index < -0.39 is 0 Å². The molecule has 2 aromatic heterocycles. The lowest BCUT2D eigenvalue weighted by Gasteiger charge is -2.15. The van der Waals surface area contributed by atoms with Crippen LogP contribution in [0.25, 0.3) is 0 Å². The summed E-state index contributed by atoms with van der Waals surface area (Å²) in [5.74, 6) is 1.59. The van der Waals surface area contributed by atoms with Crippen LogP contribution in [0.15, 0.2) is 10.9 Å². The van der Waals surface area contributed by atoms with Crippen LogP contribution < -0.4 is 16.6 Å². The Labute approximate surface area is 164 Å². The molecule has 2 heterocycles. The molecule has 0 radical (unpaired) electrons. The van der Waals surface area contributed by atoms with Gasteiger partial charge in [-0.15, -0.1) is 24.8 Å². The topological polar surface area (TPSA) is 132 Å².